The van der Waals surface area contributed by atoms with Crippen molar-refractivity contribution in [2.45, 2.75) is 12.3 Å². The summed E-state index contributed by atoms with van der Waals surface area (Å²) in [5, 5.41) is 5.34. The van der Waals surface area contributed by atoms with Gasteiger partial charge in [-0.05, 0) is 16.5 Å². The van der Waals surface area contributed by atoms with Crippen LogP contribution >= 0.6 is 0 Å². The zero-order chi connectivity index (χ0) is 14.2. The summed E-state index contributed by atoms with van der Waals surface area (Å²) in [5.74, 6) is 0.229. The number of hydrogen-bond acceptors (Lipinski definition) is 1. The van der Waals surface area contributed by atoms with Crippen molar-refractivity contribution in [2.24, 2.45) is 0 Å². The monoisotopic (exact) mass is 273 g/mol. The molecule has 1 atom stereocenters. The maximum atomic E-state index is 12.1. The first kappa shape index (κ1) is 12.2. The second-order valence-corrected chi connectivity index (χ2v) is 5.47. The van der Waals surface area contributed by atoms with Gasteiger partial charge in [-0.15, -0.1) is 0 Å². The largest absolute Gasteiger partial charge is 0.325 e. The summed E-state index contributed by atoms with van der Waals surface area (Å²) in [6.45, 7) is 0. The van der Waals surface area contributed by atoms with Crippen molar-refractivity contribution in [3.63, 3.8) is 0 Å². The number of carbonyl (C=O) groups is 1. The van der Waals surface area contributed by atoms with Crippen LogP contribution in [0.5, 0.6) is 0 Å². The van der Waals surface area contributed by atoms with Crippen molar-refractivity contribution in [2.75, 3.05) is 5.32 Å². The van der Waals surface area contributed by atoms with Crippen LogP contribution in [-0.2, 0) is 4.79 Å². The summed E-state index contributed by atoms with van der Waals surface area (Å²) in [4.78, 5) is 12.1. The summed E-state index contributed by atoms with van der Waals surface area (Å²) < 4.78 is 0. The highest BCUT2D eigenvalue weighted by atomic mass is 16.1. The second-order valence-electron chi connectivity index (χ2n) is 5.47. The number of rotatable bonds is 1. The number of fused-ring (bicyclic) bond motifs is 3. The molecule has 0 spiro atoms. The van der Waals surface area contributed by atoms with Gasteiger partial charge in [0.2, 0.25) is 5.91 Å². The van der Waals surface area contributed by atoms with Crippen LogP contribution in [0.15, 0.2) is 66.7 Å². The predicted molar refractivity (Wildman–Crippen MR) is 85.5 cm³/mol. The summed E-state index contributed by atoms with van der Waals surface area (Å²) in [6, 6.07) is 22.7. The Morgan fingerprint density at radius 3 is 2.48 bits per heavy atom. The van der Waals surface area contributed by atoms with E-state index in [2.05, 4.69) is 41.7 Å². The first-order chi connectivity index (χ1) is 10.3. The van der Waals surface area contributed by atoms with Gasteiger partial charge in [-0.2, -0.15) is 0 Å². The number of anilines is 1. The van der Waals surface area contributed by atoms with E-state index in [0.29, 0.717) is 6.42 Å². The average Bonchev–Trinajstić information content (AvgIpc) is 2.55. The lowest BCUT2D eigenvalue weighted by Gasteiger charge is -2.27. The Morgan fingerprint density at radius 2 is 1.62 bits per heavy atom. The molecule has 1 aliphatic heterocycles. The summed E-state index contributed by atoms with van der Waals surface area (Å²) >= 11 is 0. The highest BCUT2D eigenvalue weighted by Gasteiger charge is 2.27. The van der Waals surface area contributed by atoms with Crippen molar-refractivity contribution in [1.82, 2.24) is 0 Å². The number of amides is 1. The molecule has 0 unspecified atom stereocenters. The van der Waals surface area contributed by atoms with Crippen LogP contribution in [0.4, 0.5) is 5.69 Å². The molecule has 0 fully saturated rings. The van der Waals surface area contributed by atoms with Gasteiger partial charge in [0.15, 0.2) is 0 Å². The first-order valence-corrected chi connectivity index (χ1v) is 7.19. The Balaban J connectivity index is 1.95. The Morgan fingerprint density at radius 1 is 0.857 bits per heavy atom. The summed E-state index contributed by atoms with van der Waals surface area (Å²) in [6.07, 6.45) is 0.509. The van der Waals surface area contributed by atoms with Crippen LogP contribution in [0.1, 0.15) is 23.5 Å². The van der Waals surface area contributed by atoms with Gasteiger partial charge < -0.3 is 5.32 Å². The fourth-order valence-electron chi connectivity index (χ4n) is 3.19. The molecule has 0 aromatic heterocycles. The molecule has 1 amide bonds. The molecule has 2 heteroatoms. The number of hydrogen-bond donors (Lipinski definition) is 1. The van der Waals surface area contributed by atoms with E-state index in [-0.39, 0.29) is 11.8 Å². The fraction of sp³-hybridized carbons (Fsp3) is 0.105. The zero-order valence-electron chi connectivity index (χ0n) is 11.5. The SMILES string of the molecule is O=C1C[C@@H](c2ccccc2)c2ccc3ccccc3c2N1. The quantitative estimate of drug-likeness (QED) is 0.703. The Bertz CT molecular complexity index is 823. The molecule has 0 radical (unpaired) electrons. The lowest BCUT2D eigenvalue weighted by atomic mass is 9.83. The van der Waals surface area contributed by atoms with E-state index >= 15 is 0 Å². The van der Waals surface area contributed by atoms with Crippen molar-refractivity contribution in [3.05, 3.63) is 77.9 Å². The zero-order valence-corrected chi connectivity index (χ0v) is 11.5. The van der Waals surface area contributed by atoms with Crippen LogP contribution in [-0.4, -0.2) is 5.91 Å². The molecule has 102 valence electrons. The van der Waals surface area contributed by atoms with E-state index in [1.165, 1.54) is 11.1 Å². The van der Waals surface area contributed by atoms with E-state index in [1.807, 2.05) is 30.3 Å². The van der Waals surface area contributed by atoms with Gasteiger partial charge in [-0.3, -0.25) is 4.79 Å². The highest BCUT2D eigenvalue weighted by Crippen LogP contribution is 2.40. The molecule has 4 rings (SSSR count). The van der Waals surface area contributed by atoms with Gasteiger partial charge in [0.05, 0.1) is 5.69 Å². The normalized spacial score (nSPS) is 17.3. The molecular formula is C19H15NO. The highest BCUT2D eigenvalue weighted by molar-refractivity contribution is 6.06. The van der Waals surface area contributed by atoms with Crippen LogP contribution in [0.3, 0.4) is 0 Å². The molecule has 1 aliphatic rings. The molecule has 3 aromatic carbocycles. The third kappa shape index (κ3) is 2.00. The molecule has 0 bridgehead atoms. The van der Waals surface area contributed by atoms with Gasteiger partial charge in [0, 0.05) is 17.7 Å². The smallest absolute Gasteiger partial charge is 0.225 e. The summed E-state index contributed by atoms with van der Waals surface area (Å²) in [5.41, 5.74) is 3.38. The molecule has 1 N–H and O–H groups in total. The topological polar surface area (TPSA) is 29.1 Å². The molecule has 3 aromatic rings. The van der Waals surface area contributed by atoms with Gasteiger partial charge in [0.25, 0.3) is 0 Å². The Kier molecular flexibility index (Phi) is 2.74. The first-order valence-electron chi connectivity index (χ1n) is 7.19. The molecule has 0 saturated heterocycles. The van der Waals surface area contributed by atoms with Crippen LogP contribution in [0.2, 0.25) is 0 Å². The van der Waals surface area contributed by atoms with Crippen LogP contribution in [0, 0.1) is 0 Å². The Labute approximate surface area is 123 Å². The van der Waals surface area contributed by atoms with Crippen molar-refractivity contribution in [3.8, 4) is 0 Å². The third-order valence-electron chi connectivity index (χ3n) is 4.19. The van der Waals surface area contributed by atoms with E-state index in [1.54, 1.807) is 0 Å². The molecule has 0 saturated carbocycles. The van der Waals surface area contributed by atoms with E-state index in [9.17, 15) is 4.79 Å². The van der Waals surface area contributed by atoms with E-state index in [0.717, 1.165) is 16.5 Å². The van der Waals surface area contributed by atoms with Gasteiger partial charge >= 0.3 is 0 Å². The summed E-state index contributed by atoms with van der Waals surface area (Å²) in [7, 11) is 0. The standard InChI is InChI=1S/C19H15NO/c21-18-12-17(13-6-2-1-3-7-13)16-11-10-14-8-4-5-9-15(14)19(16)20-18/h1-11,17H,12H2,(H,20,21)/t17-/m0/s1. The van der Waals surface area contributed by atoms with Crippen LogP contribution in [0.25, 0.3) is 10.8 Å². The van der Waals surface area contributed by atoms with E-state index in [4.69, 9.17) is 0 Å². The van der Waals surface area contributed by atoms with Crippen molar-refractivity contribution < 1.29 is 4.79 Å². The number of benzene rings is 3. The van der Waals surface area contributed by atoms with Crippen molar-refractivity contribution in [1.29, 1.82) is 0 Å². The van der Waals surface area contributed by atoms with Gasteiger partial charge in [-0.1, -0.05) is 66.7 Å². The molecular weight excluding hydrogens is 258 g/mol. The second kappa shape index (κ2) is 4.74. The predicted octanol–water partition coefficient (Wildman–Crippen LogP) is 4.31. The third-order valence-corrected chi connectivity index (χ3v) is 4.19. The van der Waals surface area contributed by atoms with Gasteiger partial charge in [0.1, 0.15) is 0 Å². The molecule has 21 heavy (non-hydrogen) atoms. The fourth-order valence-corrected chi connectivity index (χ4v) is 3.19. The maximum absolute atomic E-state index is 12.1. The van der Waals surface area contributed by atoms with Crippen LogP contribution < -0.4 is 5.32 Å². The number of nitrogens with one attached hydrogen (secondary N) is 1. The average molecular weight is 273 g/mol. The Hall–Kier alpha value is -2.61. The molecule has 0 aliphatic carbocycles. The number of carbonyl (C=O) groups excluding carboxylic acids is 1. The van der Waals surface area contributed by atoms with Crippen molar-refractivity contribution >= 4 is 22.4 Å². The molecule has 2 nitrogen and oxygen atoms in total. The van der Waals surface area contributed by atoms with Gasteiger partial charge in [-0.25, -0.2) is 0 Å². The lowest BCUT2D eigenvalue weighted by Crippen LogP contribution is -2.23. The maximum Gasteiger partial charge on any atom is 0.225 e. The lowest BCUT2D eigenvalue weighted by molar-refractivity contribution is -0.116. The van der Waals surface area contributed by atoms with E-state index < -0.39 is 0 Å². The minimum absolute atomic E-state index is 0.0905. The molecule has 1 heterocycles. The minimum atomic E-state index is 0.0905. The minimum Gasteiger partial charge on any atom is -0.325 e.